The van der Waals surface area contributed by atoms with Crippen LogP contribution >= 0.6 is 0 Å². The largest absolute Gasteiger partial charge is 0.462 e. The highest BCUT2D eigenvalue weighted by atomic mass is 16.6. The normalized spacial score (nSPS) is 12.2. The first-order valence-electron chi connectivity index (χ1n) is 33.0. The summed E-state index contributed by atoms with van der Waals surface area (Å²) in [6.45, 7) is 6.68. The van der Waals surface area contributed by atoms with Crippen molar-refractivity contribution in [2.24, 2.45) is 0 Å². The van der Waals surface area contributed by atoms with Crippen LogP contribution in [0.25, 0.3) is 0 Å². The molecule has 0 aromatic carbocycles. The first-order valence-corrected chi connectivity index (χ1v) is 33.0. The van der Waals surface area contributed by atoms with E-state index in [1.165, 1.54) is 244 Å². The molecular weight excluding hydrogens is 913 g/mol. The number of unbranched alkanes of at least 4 members (excludes halogenated alkanes) is 44. The standard InChI is InChI=1S/C68H126O6/c1-4-7-10-13-16-19-22-25-28-31-34-37-40-43-46-49-52-55-58-61-67(70)73-64-65(63-72-66(69)60-57-54-51-48-45-42-39-36-33-30-27-24-21-18-15-12-9-6-3)74-68(71)62-59-56-53-50-47-44-41-38-35-32-29-26-23-20-17-14-11-8-5-2/h16,19,25,28,34,37,65H,4-15,17-18,20-24,26-27,29-33,35-36,38-64H2,1-3H3/b19-16-,28-25-,37-34-. The Morgan fingerprint density at radius 2 is 0.486 bits per heavy atom. The lowest BCUT2D eigenvalue weighted by atomic mass is 10.0. The van der Waals surface area contributed by atoms with Gasteiger partial charge >= 0.3 is 17.9 Å². The Hall–Kier alpha value is -2.37. The van der Waals surface area contributed by atoms with E-state index in [0.717, 1.165) is 77.0 Å². The quantitative estimate of drug-likeness (QED) is 0.0261. The van der Waals surface area contributed by atoms with Gasteiger partial charge in [0.15, 0.2) is 6.10 Å². The van der Waals surface area contributed by atoms with Gasteiger partial charge in [-0.1, -0.05) is 320 Å². The lowest BCUT2D eigenvalue weighted by Crippen LogP contribution is -2.30. The van der Waals surface area contributed by atoms with Crippen LogP contribution in [0.15, 0.2) is 36.5 Å². The first kappa shape index (κ1) is 71.6. The second-order valence-electron chi connectivity index (χ2n) is 22.4. The molecule has 0 heterocycles. The number of allylic oxidation sites excluding steroid dienone is 6. The molecule has 6 heteroatoms. The zero-order valence-electron chi connectivity index (χ0n) is 49.9. The van der Waals surface area contributed by atoms with E-state index in [9.17, 15) is 14.4 Å². The molecule has 1 atom stereocenters. The summed E-state index contributed by atoms with van der Waals surface area (Å²) >= 11 is 0. The molecule has 0 rings (SSSR count). The third-order valence-electron chi connectivity index (χ3n) is 14.9. The number of hydrogen-bond acceptors (Lipinski definition) is 6. The van der Waals surface area contributed by atoms with Crippen molar-refractivity contribution in [3.63, 3.8) is 0 Å². The molecular formula is C68H126O6. The van der Waals surface area contributed by atoms with Crippen molar-refractivity contribution in [3.8, 4) is 0 Å². The van der Waals surface area contributed by atoms with Crippen LogP contribution in [0.1, 0.15) is 361 Å². The molecule has 0 amide bonds. The molecule has 434 valence electrons. The summed E-state index contributed by atoms with van der Waals surface area (Å²) in [6.07, 6.45) is 77.2. The van der Waals surface area contributed by atoms with Crippen LogP contribution in [0.4, 0.5) is 0 Å². The Morgan fingerprint density at radius 3 is 0.784 bits per heavy atom. The van der Waals surface area contributed by atoms with Crippen molar-refractivity contribution in [1.29, 1.82) is 0 Å². The van der Waals surface area contributed by atoms with E-state index >= 15 is 0 Å². The lowest BCUT2D eigenvalue weighted by molar-refractivity contribution is -0.167. The fraction of sp³-hybridized carbons (Fsp3) is 0.868. The zero-order valence-corrected chi connectivity index (χ0v) is 49.9. The van der Waals surface area contributed by atoms with E-state index in [4.69, 9.17) is 14.2 Å². The van der Waals surface area contributed by atoms with E-state index in [2.05, 4.69) is 57.2 Å². The van der Waals surface area contributed by atoms with Gasteiger partial charge in [0, 0.05) is 19.3 Å². The smallest absolute Gasteiger partial charge is 0.306 e. The van der Waals surface area contributed by atoms with Crippen LogP contribution in [0.2, 0.25) is 0 Å². The van der Waals surface area contributed by atoms with Crippen LogP contribution in [-0.2, 0) is 28.6 Å². The second-order valence-corrected chi connectivity index (χ2v) is 22.4. The molecule has 1 unspecified atom stereocenters. The number of ether oxygens (including phenoxy) is 3. The summed E-state index contributed by atoms with van der Waals surface area (Å²) in [4.78, 5) is 38.4. The molecule has 0 aliphatic heterocycles. The highest BCUT2D eigenvalue weighted by Crippen LogP contribution is 2.18. The lowest BCUT2D eigenvalue weighted by Gasteiger charge is -2.18. The third-order valence-corrected chi connectivity index (χ3v) is 14.9. The van der Waals surface area contributed by atoms with Gasteiger partial charge in [0.2, 0.25) is 0 Å². The van der Waals surface area contributed by atoms with Crippen LogP contribution in [0, 0.1) is 0 Å². The topological polar surface area (TPSA) is 78.9 Å². The minimum atomic E-state index is -0.775. The van der Waals surface area contributed by atoms with Gasteiger partial charge in [-0.2, -0.15) is 0 Å². The van der Waals surface area contributed by atoms with Crippen LogP contribution in [0.5, 0.6) is 0 Å². The first-order chi connectivity index (χ1) is 36.5. The van der Waals surface area contributed by atoms with Gasteiger partial charge in [0.1, 0.15) is 13.2 Å². The predicted molar refractivity (Wildman–Crippen MR) is 321 cm³/mol. The summed E-state index contributed by atoms with van der Waals surface area (Å²) < 4.78 is 17.0. The number of esters is 3. The Balaban J connectivity index is 4.34. The van der Waals surface area contributed by atoms with Crippen molar-refractivity contribution in [3.05, 3.63) is 36.5 Å². The monoisotopic (exact) mass is 1040 g/mol. The molecule has 0 aromatic rings. The molecule has 0 spiro atoms. The van der Waals surface area contributed by atoms with Gasteiger partial charge in [0.05, 0.1) is 0 Å². The molecule has 0 fully saturated rings. The molecule has 0 aromatic heterocycles. The molecule has 6 nitrogen and oxygen atoms in total. The Bertz CT molecular complexity index is 1240. The van der Waals surface area contributed by atoms with E-state index in [1.54, 1.807) is 0 Å². The summed E-state index contributed by atoms with van der Waals surface area (Å²) in [6, 6.07) is 0. The van der Waals surface area contributed by atoms with Gasteiger partial charge in [-0.25, -0.2) is 0 Å². The van der Waals surface area contributed by atoms with E-state index in [1.807, 2.05) is 0 Å². The zero-order chi connectivity index (χ0) is 53.6. The minimum Gasteiger partial charge on any atom is -0.462 e. The highest BCUT2D eigenvalue weighted by Gasteiger charge is 2.19. The molecule has 0 saturated heterocycles. The SMILES string of the molecule is CCCCC/C=C\C/C=C\C/C=C\CCCCCCCCC(=O)OCC(COC(=O)CCCCCCCCCCCCCCCCCCCC)OC(=O)CCCCCCCCCCCCCCCCCCCCC. The number of rotatable bonds is 61. The molecule has 0 bridgehead atoms. The Morgan fingerprint density at radius 1 is 0.270 bits per heavy atom. The fourth-order valence-corrected chi connectivity index (χ4v) is 9.92. The van der Waals surface area contributed by atoms with Crippen LogP contribution in [-0.4, -0.2) is 37.2 Å². The Kier molecular flexibility index (Phi) is 61.1. The second kappa shape index (κ2) is 63.2. The van der Waals surface area contributed by atoms with Gasteiger partial charge in [-0.15, -0.1) is 0 Å². The van der Waals surface area contributed by atoms with E-state index in [-0.39, 0.29) is 31.1 Å². The van der Waals surface area contributed by atoms with Gasteiger partial charge in [-0.3, -0.25) is 14.4 Å². The predicted octanol–water partition coefficient (Wildman–Crippen LogP) is 22.4. The molecule has 0 saturated carbocycles. The molecule has 0 aliphatic carbocycles. The van der Waals surface area contributed by atoms with Gasteiger partial charge < -0.3 is 14.2 Å². The molecule has 0 N–H and O–H groups in total. The number of carbonyl (C=O) groups excluding carboxylic acids is 3. The van der Waals surface area contributed by atoms with Gasteiger partial charge in [0.25, 0.3) is 0 Å². The van der Waals surface area contributed by atoms with Crippen LogP contribution < -0.4 is 0 Å². The fourth-order valence-electron chi connectivity index (χ4n) is 9.92. The van der Waals surface area contributed by atoms with Crippen LogP contribution in [0.3, 0.4) is 0 Å². The molecule has 74 heavy (non-hydrogen) atoms. The third kappa shape index (κ3) is 60.5. The number of carbonyl (C=O) groups is 3. The Labute approximate surface area is 461 Å². The van der Waals surface area contributed by atoms with Crippen molar-refractivity contribution in [1.82, 2.24) is 0 Å². The maximum absolute atomic E-state index is 12.9. The van der Waals surface area contributed by atoms with E-state index < -0.39 is 6.10 Å². The number of hydrogen-bond donors (Lipinski definition) is 0. The summed E-state index contributed by atoms with van der Waals surface area (Å²) in [5.41, 5.74) is 0. The average Bonchev–Trinajstić information content (AvgIpc) is 3.40. The minimum absolute atomic E-state index is 0.0706. The summed E-state index contributed by atoms with van der Waals surface area (Å²) in [7, 11) is 0. The molecule has 0 aliphatic rings. The van der Waals surface area contributed by atoms with Crippen molar-refractivity contribution < 1.29 is 28.6 Å². The van der Waals surface area contributed by atoms with E-state index in [0.29, 0.717) is 19.3 Å². The maximum Gasteiger partial charge on any atom is 0.306 e. The summed E-state index contributed by atoms with van der Waals surface area (Å²) in [5.74, 6) is -0.855. The molecule has 0 radical (unpaired) electrons. The van der Waals surface area contributed by atoms with Crippen molar-refractivity contribution >= 4 is 17.9 Å². The van der Waals surface area contributed by atoms with Gasteiger partial charge in [-0.05, 0) is 57.8 Å². The highest BCUT2D eigenvalue weighted by molar-refractivity contribution is 5.71. The van der Waals surface area contributed by atoms with Crippen molar-refractivity contribution in [2.75, 3.05) is 13.2 Å². The van der Waals surface area contributed by atoms with Crippen molar-refractivity contribution in [2.45, 2.75) is 367 Å². The maximum atomic E-state index is 12.9. The summed E-state index contributed by atoms with van der Waals surface area (Å²) in [5, 5.41) is 0. The average molecular weight is 1040 g/mol.